The van der Waals surface area contributed by atoms with Crippen molar-refractivity contribution in [2.24, 2.45) is 5.92 Å². The molecule has 2 unspecified atom stereocenters. The van der Waals surface area contributed by atoms with Crippen molar-refractivity contribution in [2.75, 3.05) is 20.2 Å². The maximum Gasteiger partial charge on any atom is 0.253 e. The number of rotatable bonds is 8. The third kappa shape index (κ3) is 6.34. The smallest absolute Gasteiger partial charge is 0.253 e. The standard InChI is InChI=1S/C26H33N3O4/c1-4-18(2)27-25(31)23(28-24(30)20-9-6-5-7-10-20)19-13-15-29(16-14-19)26(32)21-11-8-12-22(17-21)33-3/h5-12,17-19,23H,4,13-16H2,1-3H3,(H,27,31)(H,28,30). The molecule has 1 saturated heterocycles. The van der Waals surface area contributed by atoms with Crippen molar-refractivity contribution in [3.63, 3.8) is 0 Å². The number of hydrogen-bond donors (Lipinski definition) is 2. The van der Waals surface area contributed by atoms with E-state index in [9.17, 15) is 14.4 Å². The van der Waals surface area contributed by atoms with Gasteiger partial charge in [0.15, 0.2) is 0 Å². The molecule has 0 spiro atoms. The summed E-state index contributed by atoms with van der Waals surface area (Å²) in [5.74, 6) is 0.0829. The Bertz CT molecular complexity index is 955. The van der Waals surface area contributed by atoms with Gasteiger partial charge in [-0.05, 0) is 62.4 Å². The lowest BCUT2D eigenvalue weighted by atomic mass is 9.88. The number of carbonyl (C=O) groups excluding carboxylic acids is 3. The Labute approximate surface area is 195 Å². The zero-order chi connectivity index (χ0) is 23.8. The van der Waals surface area contributed by atoms with Crippen LogP contribution in [0, 0.1) is 5.92 Å². The number of ether oxygens (including phenoxy) is 1. The summed E-state index contributed by atoms with van der Waals surface area (Å²) in [6, 6.07) is 15.4. The summed E-state index contributed by atoms with van der Waals surface area (Å²) in [4.78, 5) is 40.6. The van der Waals surface area contributed by atoms with Crippen LogP contribution in [0.15, 0.2) is 54.6 Å². The zero-order valence-electron chi connectivity index (χ0n) is 19.5. The maximum absolute atomic E-state index is 13.1. The average Bonchev–Trinajstić information content (AvgIpc) is 2.87. The van der Waals surface area contributed by atoms with Crippen molar-refractivity contribution >= 4 is 17.7 Å². The second kappa shape index (κ2) is 11.5. The monoisotopic (exact) mass is 451 g/mol. The number of nitrogens with zero attached hydrogens (tertiary/aromatic N) is 1. The Morgan fingerprint density at radius 3 is 2.30 bits per heavy atom. The van der Waals surface area contributed by atoms with Crippen LogP contribution in [0.5, 0.6) is 5.75 Å². The van der Waals surface area contributed by atoms with Crippen molar-refractivity contribution < 1.29 is 19.1 Å². The van der Waals surface area contributed by atoms with Gasteiger partial charge in [-0.1, -0.05) is 31.2 Å². The molecule has 0 saturated carbocycles. The van der Waals surface area contributed by atoms with E-state index >= 15 is 0 Å². The van der Waals surface area contributed by atoms with Gasteiger partial charge in [0.05, 0.1) is 7.11 Å². The Morgan fingerprint density at radius 1 is 1.00 bits per heavy atom. The molecule has 3 rings (SSSR count). The molecule has 3 amide bonds. The molecule has 1 aliphatic rings. The molecule has 0 aliphatic carbocycles. The van der Waals surface area contributed by atoms with Crippen LogP contribution in [-0.2, 0) is 4.79 Å². The average molecular weight is 452 g/mol. The molecule has 2 aromatic carbocycles. The first-order chi connectivity index (χ1) is 15.9. The van der Waals surface area contributed by atoms with Crippen LogP contribution in [0.4, 0.5) is 0 Å². The highest BCUT2D eigenvalue weighted by Crippen LogP contribution is 2.24. The quantitative estimate of drug-likeness (QED) is 0.645. The minimum Gasteiger partial charge on any atom is -0.497 e. The van der Waals surface area contributed by atoms with Gasteiger partial charge in [-0.2, -0.15) is 0 Å². The van der Waals surface area contributed by atoms with E-state index in [2.05, 4.69) is 10.6 Å². The third-order valence-corrected chi connectivity index (χ3v) is 6.22. The molecule has 176 valence electrons. The van der Waals surface area contributed by atoms with Crippen LogP contribution in [0.25, 0.3) is 0 Å². The Morgan fingerprint density at radius 2 is 1.67 bits per heavy atom. The van der Waals surface area contributed by atoms with Gasteiger partial charge < -0.3 is 20.3 Å². The molecule has 7 heteroatoms. The second-order valence-electron chi connectivity index (χ2n) is 8.50. The van der Waals surface area contributed by atoms with Crippen molar-refractivity contribution in [3.05, 3.63) is 65.7 Å². The van der Waals surface area contributed by atoms with E-state index in [1.807, 2.05) is 19.9 Å². The van der Waals surface area contributed by atoms with Crippen LogP contribution >= 0.6 is 0 Å². The molecule has 2 atom stereocenters. The first kappa shape index (κ1) is 24.3. The lowest BCUT2D eigenvalue weighted by Crippen LogP contribution is -2.55. The van der Waals surface area contributed by atoms with Gasteiger partial charge in [-0.25, -0.2) is 0 Å². The maximum atomic E-state index is 13.1. The summed E-state index contributed by atoms with van der Waals surface area (Å²) in [6.45, 7) is 5.00. The third-order valence-electron chi connectivity index (χ3n) is 6.22. The molecular formula is C26H33N3O4. The highest BCUT2D eigenvalue weighted by Gasteiger charge is 2.34. The molecule has 2 aromatic rings. The summed E-state index contributed by atoms with van der Waals surface area (Å²) in [5.41, 5.74) is 1.10. The van der Waals surface area contributed by atoms with Gasteiger partial charge >= 0.3 is 0 Å². The summed E-state index contributed by atoms with van der Waals surface area (Å²) >= 11 is 0. The molecule has 33 heavy (non-hydrogen) atoms. The summed E-state index contributed by atoms with van der Waals surface area (Å²) in [7, 11) is 1.57. The molecule has 7 nitrogen and oxygen atoms in total. The van der Waals surface area contributed by atoms with E-state index in [0.717, 1.165) is 6.42 Å². The van der Waals surface area contributed by atoms with Crippen molar-refractivity contribution in [3.8, 4) is 5.75 Å². The Kier molecular flexibility index (Phi) is 8.46. The van der Waals surface area contributed by atoms with Crippen LogP contribution in [-0.4, -0.2) is 54.9 Å². The number of methoxy groups -OCH3 is 1. The number of hydrogen-bond acceptors (Lipinski definition) is 4. The minimum atomic E-state index is -0.652. The summed E-state index contributed by atoms with van der Waals surface area (Å²) in [6.07, 6.45) is 2.06. The Balaban J connectivity index is 1.69. The number of benzene rings is 2. The van der Waals surface area contributed by atoms with Gasteiger partial charge in [0.25, 0.3) is 11.8 Å². The van der Waals surface area contributed by atoms with E-state index in [1.165, 1.54) is 0 Å². The molecule has 2 N–H and O–H groups in total. The van der Waals surface area contributed by atoms with E-state index in [1.54, 1.807) is 60.5 Å². The molecule has 0 aromatic heterocycles. The highest BCUT2D eigenvalue weighted by molar-refractivity contribution is 5.98. The SMILES string of the molecule is CCC(C)NC(=O)C(NC(=O)c1ccccc1)C1CCN(C(=O)c2cccc(OC)c2)CC1. The van der Waals surface area contributed by atoms with Gasteiger partial charge in [-0.3, -0.25) is 14.4 Å². The van der Waals surface area contributed by atoms with Crippen LogP contribution in [0.1, 0.15) is 53.8 Å². The number of carbonyl (C=O) groups is 3. The number of piperidine rings is 1. The molecular weight excluding hydrogens is 418 g/mol. The fourth-order valence-electron chi connectivity index (χ4n) is 4.02. The largest absolute Gasteiger partial charge is 0.497 e. The lowest BCUT2D eigenvalue weighted by Gasteiger charge is -2.36. The zero-order valence-corrected chi connectivity index (χ0v) is 19.5. The molecule has 1 heterocycles. The molecule has 0 radical (unpaired) electrons. The van der Waals surface area contributed by atoms with Gasteiger partial charge in [0.1, 0.15) is 11.8 Å². The lowest BCUT2D eigenvalue weighted by molar-refractivity contribution is -0.125. The Hall–Kier alpha value is -3.35. The van der Waals surface area contributed by atoms with Gasteiger partial charge in [0, 0.05) is 30.3 Å². The fourth-order valence-corrected chi connectivity index (χ4v) is 4.02. The number of nitrogens with one attached hydrogen (secondary N) is 2. The van der Waals surface area contributed by atoms with Crippen LogP contribution in [0.2, 0.25) is 0 Å². The van der Waals surface area contributed by atoms with Gasteiger partial charge in [0.2, 0.25) is 5.91 Å². The first-order valence-electron chi connectivity index (χ1n) is 11.5. The highest BCUT2D eigenvalue weighted by atomic mass is 16.5. The normalized spacial score (nSPS) is 15.9. The topological polar surface area (TPSA) is 87.7 Å². The van der Waals surface area contributed by atoms with Crippen molar-refractivity contribution in [1.29, 1.82) is 0 Å². The van der Waals surface area contributed by atoms with Gasteiger partial charge in [-0.15, -0.1) is 0 Å². The molecule has 1 fully saturated rings. The summed E-state index contributed by atoms with van der Waals surface area (Å²) in [5, 5.41) is 5.96. The minimum absolute atomic E-state index is 0.0170. The molecule has 1 aliphatic heterocycles. The van der Waals surface area contributed by atoms with E-state index in [-0.39, 0.29) is 29.7 Å². The second-order valence-corrected chi connectivity index (χ2v) is 8.50. The molecule has 0 bridgehead atoms. The first-order valence-corrected chi connectivity index (χ1v) is 11.5. The number of likely N-dealkylation sites (tertiary alicyclic amines) is 1. The fraction of sp³-hybridized carbons (Fsp3) is 0.423. The predicted molar refractivity (Wildman–Crippen MR) is 127 cm³/mol. The summed E-state index contributed by atoms with van der Waals surface area (Å²) < 4.78 is 5.23. The predicted octanol–water partition coefficient (Wildman–Crippen LogP) is 3.26. The van der Waals surface area contributed by atoms with E-state index in [4.69, 9.17) is 4.74 Å². The van der Waals surface area contributed by atoms with Crippen molar-refractivity contribution in [1.82, 2.24) is 15.5 Å². The number of amides is 3. The van der Waals surface area contributed by atoms with Crippen LogP contribution < -0.4 is 15.4 Å². The van der Waals surface area contributed by atoms with E-state index < -0.39 is 6.04 Å². The van der Waals surface area contributed by atoms with E-state index in [0.29, 0.717) is 42.8 Å². The van der Waals surface area contributed by atoms with Crippen molar-refractivity contribution in [2.45, 2.75) is 45.2 Å². The van der Waals surface area contributed by atoms with Crippen LogP contribution in [0.3, 0.4) is 0 Å².